The average Bonchev–Trinajstić information content (AvgIpc) is 2.15. The minimum absolute atomic E-state index is 0.493. The Balaban J connectivity index is 4.49. The first kappa shape index (κ1) is 14.8. The summed E-state index contributed by atoms with van der Waals surface area (Å²) in [6.45, 7) is 2.11. The second-order valence-electron chi connectivity index (χ2n) is 4.04. The molecule has 0 saturated heterocycles. The number of ether oxygens (including phenoxy) is 1. The van der Waals surface area contributed by atoms with Crippen LogP contribution in [0.15, 0.2) is 0 Å². The van der Waals surface area contributed by atoms with Gasteiger partial charge >= 0.3 is 0 Å². The summed E-state index contributed by atoms with van der Waals surface area (Å²) in [5.41, 5.74) is -1.55. The molecule has 0 aliphatic carbocycles. The molecule has 0 rings (SSSR count). The van der Waals surface area contributed by atoms with Gasteiger partial charge in [0.15, 0.2) is 0 Å². The smallest absolute Gasteiger partial charge is 0.111 e. The Hall–Kier alpha value is -0.240. The lowest BCUT2D eigenvalue weighted by molar-refractivity contribution is -0.167. The number of hydrogen-bond acceptors (Lipinski definition) is 6. The Kier molecular flexibility index (Phi) is 5.65. The molecule has 6 nitrogen and oxygen atoms in total. The maximum Gasteiger partial charge on any atom is 0.111 e. The summed E-state index contributed by atoms with van der Waals surface area (Å²) < 4.78 is 4.69. The van der Waals surface area contributed by atoms with Gasteiger partial charge in [-0.05, 0) is 13.8 Å². The van der Waals surface area contributed by atoms with Crippen molar-refractivity contribution in [3.8, 4) is 0 Å². The van der Waals surface area contributed by atoms with Crippen LogP contribution in [0.5, 0.6) is 0 Å². The monoisotopic (exact) mass is 224 g/mol. The highest BCUT2D eigenvalue weighted by molar-refractivity contribution is 4.89. The van der Waals surface area contributed by atoms with Crippen LogP contribution in [-0.4, -0.2) is 69.3 Å². The number of hydrogen-bond donors (Lipinski definition) is 5. The molecule has 0 saturated carbocycles. The normalized spacial score (nSPS) is 20.8. The van der Waals surface area contributed by atoms with Gasteiger partial charge in [0.1, 0.15) is 24.4 Å². The first-order chi connectivity index (χ1) is 6.75. The van der Waals surface area contributed by atoms with Gasteiger partial charge in [-0.3, -0.25) is 0 Å². The third kappa shape index (κ3) is 4.02. The van der Waals surface area contributed by atoms with E-state index in [0.717, 1.165) is 0 Å². The molecule has 5 N–H and O–H groups in total. The van der Waals surface area contributed by atoms with Gasteiger partial charge < -0.3 is 30.3 Å². The summed E-state index contributed by atoms with van der Waals surface area (Å²) in [7, 11) is 1.26. The minimum Gasteiger partial charge on any atom is -0.394 e. The molecule has 4 unspecified atom stereocenters. The number of aliphatic hydroxyl groups excluding tert-OH is 4. The molecule has 0 aliphatic rings. The van der Waals surface area contributed by atoms with Crippen LogP contribution in [0.25, 0.3) is 0 Å². The first-order valence-electron chi connectivity index (χ1n) is 4.66. The average molecular weight is 224 g/mol. The molecule has 0 aromatic carbocycles. The molecule has 0 fully saturated rings. The van der Waals surface area contributed by atoms with Crippen molar-refractivity contribution in [1.29, 1.82) is 0 Å². The van der Waals surface area contributed by atoms with Gasteiger partial charge in [-0.15, -0.1) is 0 Å². The SMILES string of the molecule is COC(CO)C(O)C(O)C(O)C(C)(C)O. The van der Waals surface area contributed by atoms with Crippen molar-refractivity contribution >= 4 is 0 Å². The van der Waals surface area contributed by atoms with Crippen LogP contribution in [0, 0.1) is 0 Å². The maximum atomic E-state index is 9.51. The lowest BCUT2D eigenvalue weighted by Crippen LogP contribution is -2.53. The molecule has 0 radical (unpaired) electrons. The molecule has 6 heteroatoms. The molecule has 4 atom stereocenters. The molecule has 0 spiro atoms. The van der Waals surface area contributed by atoms with Crippen molar-refractivity contribution in [2.45, 2.75) is 43.9 Å². The molecule has 0 aromatic heterocycles. The number of aliphatic hydroxyl groups is 5. The summed E-state index contributed by atoms with van der Waals surface area (Å²) in [5, 5.41) is 46.7. The molecule has 0 aliphatic heterocycles. The predicted octanol–water partition coefficient (Wildman–Crippen LogP) is -2.15. The molecule has 0 amide bonds. The van der Waals surface area contributed by atoms with Crippen LogP contribution in [0.4, 0.5) is 0 Å². The van der Waals surface area contributed by atoms with Crippen LogP contribution >= 0.6 is 0 Å². The highest BCUT2D eigenvalue weighted by Gasteiger charge is 2.38. The Bertz CT molecular complexity index is 174. The Morgan fingerprint density at radius 2 is 1.60 bits per heavy atom. The van der Waals surface area contributed by atoms with E-state index in [1.54, 1.807) is 0 Å². The lowest BCUT2D eigenvalue weighted by atomic mass is 9.92. The fourth-order valence-electron chi connectivity index (χ4n) is 1.15. The van der Waals surface area contributed by atoms with Crippen molar-refractivity contribution in [1.82, 2.24) is 0 Å². The van der Waals surface area contributed by atoms with Gasteiger partial charge in [0, 0.05) is 7.11 Å². The van der Waals surface area contributed by atoms with Gasteiger partial charge in [-0.1, -0.05) is 0 Å². The highest BCUT2D eigenvalue weighted by atomic mass is 16.5. The van der Waals surface area contributed by atoms with E-state index in [0.29, 0.717) is 0 Å². The molecule has 0 heterocycles. The summed E-state index contributed by atoms with van der Waals surface area (Å²) >= 11 is 0. The van der Waals surface area contributed by atoms with E-state index in [9.17, 15) is 20.4 Å². The van der Waals surface area contributed by atoms with Crippen molar-refractivity contribution in [3.63, 3.8) is 0 Å². The van der Waals surface area contributed by atoms with Crippen molar-refractivity contribution in [3.05, 3.63) is 0 Å². The second-order valence-corrected chi connectivity index (χ2v) is 4.04. The fraction of sp³-hybridized carbons (Fsp3) is 1.00. The lowest BCUT2D eigenvalue weighted by Gasteiger charge is -2.33. The standard InChI is InChI=1S/C9H20O6/c1-9(2,14)8(13)7(12)6(11)5(4-10)15-3/h5-8,10-14H,4H2,1-3H3. The summed E-state index contributed by atoms with van der Waals surface area (Å²) in [6, 6.07) is 0. The van der Waals surface area contributed by atoms with E-state index in [4.69, 9.17) is 9.84 Å². The summed E-state index contributed by atoms with van der Waals surface area (Å²) in [6.07, 6.45) is -5.60. The van der Waals surface area contributed by atoms with E-state index in [1.165, 1.54) is 21.0 Å². The van der Waals surface area contributed by atoms with E-state index < -0.39 is 36.6 Å². The molecular formula is C9H20O6. The van der Waals surface area contributed by atoms with Crippen molar-refractivity contribution in [2.24, 2.45) is 0 Å². The van der Waals surface area contributed by atoms with E-state index in [-0.39, 0.29) is 0 Å². The van der Waals surface area contributed by atoms with Crippen LogP contribution in [-0.2, 0) is 4.74 Å². The zero-order valence-electron chi connectivity index (χ0n) is 9.16. The van der Waals surface area contributed by atoms with Crippen molar-refractivity contribution < 1.29 is 30.3 Å². The Morgan fingerprint density at radius 1 is 1.13 bits per heavy atom. The largest absolute Gasteiger partial charge is 0.394 e. The van der Waals surface area contributed by atoms with Gasteiger partial charge in [0.25, 0.3) is 0 Å². The number of methoxy groups -OCH3 is 1. The van der Waals surface area contributed by atoms with Crippen LogP contribution in [0.1, 0.15) is 13.8 Å². The van der Waals surface area contributed by atoms with Gasteiger partial charge in [-0.2, -0.15) is 0 Å². The first-order valence-corrected chi connectivity index (χ1v) is 4.66. The van der Waals surface area contributed by atoms with Crippen molar-refractivity contribution in [2.75, 3.05) is 13.7 Å². The highest BCUT2D eigenvalue weighted by Crippen LogP contribution is 2.16. The summed E-state index contributed by atoms with van der Waals surface area (Å²) in [5.74, 6) is 0. The maximum absolute atomic E-state index is 9.51. The summed E-state index contributed by atoms with van der Waals surface area (Å²) in [4.78, 5) is 0. The van der Waals surface area contributed by atoms with Gasteiger partial charge in [-0.25, -0.2) is 0 Å². The molecular weight excluding hydrogens is 204 g/mol. The minimum atomic E-state index is -1.60. The van der Waals surface area contributed by atoms with Crippen LogP contribution < -0.4 is 0 Å². The zero-order chi connectivity index (χ0) is 12.2. The van der Waals surface area contributed by atoms with E-state index in [2.05, 4.69) is 0 Å². The number of rotatable bonds is 6. The fourth-order valence-corrected chi connectivity index (χ4v) is 1.15. The topological polar surface area (TPSA) is 110 Å². The Labute approximate surface area is 88.7 Å². The van der Waals surface area contributed by atoms with Gasteiger partial charge in [0.05, 0.1) is 12.2 Å². The Morgan fingerprint density at radius 3 is 1.87 bits per heavy atom. The third-order valence-electron chi connectivity index (χ3n) is 2.26. The molecule has 15 heavy (non-hydrogen) atoms. The van der Waals surface area contributed by atoms with Crippen LogP contribution in [0.2, 0.25) is 0 Å². The third-order valence-corrected chi connectivity index (χ3v) is 2.26. The van der Waals surface area contributed by atoms with E-state index >= 15 is 0 Å². The molecule has 0 aromatic rings. The molecule has 92 valence electrons. The van der Waals surface area contributed by atoms with Gasteiger partial charge in [0.2, 0.25) is 0 Å². The quantitative estimate of drug-likeness (QED) is 0.352. The second kappa shape index (κ2) is 5.74. The van der Waals surface area contributed by atoms with E-state index in [1.807, 2.05) is 0 Å². The predicted molar refractivity (Wildman–Crippen MR) is 52.2 cm³/mol. The molecule has 0 bridgehead atoms. The zero-order valence-corrected chi connectivity index (χ0v) is 9.16. The van der Waals surface area contributed by atoms with Crippen LogP contribution in [0.3, 0.4) is 0 Å².